The minimum absolute atomic E-state index is 0.237. The fourth-order valence-corrected chi connectivity index (χ4v) is 1.45. The molecule has 0 amide bonds. The lowest BCUT2D eigenvalue weighted by atomic mass is 10.0. The summed E-state index contributed by atoms with van der Waals surface area (Å²) in [6.45, 7) is 5.88. The quantitative estimate of drug-likeness (QED) is 0.724. The highest BCUT2D eigenvalue weighted by Crippen LogP contribution is 2.07. The molecule has 1 unspecified atom stereocenters. The van der Waals surface area contributed by atoms with E-state index < -0.39 is 0 Å². The molecule has 0 aliphatic heterocycles. The summed E-state index contributed by atoms with van der Waals surface area (Å²) >= 11 is 0. The van der Waals surface area contributed by atoms with E-state index >= 15 is 0 Å². The van der Waals surface area contributed by atoms with Gasteiger partial charge in [-0.05, 0) is 43.9 Å². The molecule has 2 heteroatoms. The van der Waals surface area contributed by atoms with E-state index in [4.69, 9.17) is 5.73 Å². The summed E-state index contributed by atoms with van der Waals surface area (Å²) in [4.78, 5) is 3.98. The van der Waals surface area contributed by atoms with E-state index in [2.05, 4.69) is 11.6 Å². The van der Waals surface area contributed by atoms with Gasteiger partial charge >= 0.3 is 0 Å². The van der Waals surface area contributed by atoms with Gasteiger partial charge in [-0.15, -0.1) is 6.58 Å². The molecule has 0 saturated carbocycles. The van der Waals surface area contributed by atoms with Crippen molar-refractivity contribution in [2.45, 2.75) is 32.2 Å². The molecule has 0 aliphatic rings. The van der Waals surface area contributed by atoms with Crippen LogP contribution in [0.1, 0.15) is 25.3 Å². The second kappa shape index (κ2) is 5.55. The fourth-order valence-electron chi connectivity index (χ4n) is 1.45. The van der Waals surface area contributed by atoms with Gasteiger partial charge in [-0.1, -0.05) is 5.57 Å². The summed E-state index contributed by atoms with van der Waals surface area (Å²) in [6.07, 6.45) is 6.60. The van der Waals surface area contributed by atoms with E-state index in [1.54, 1.807) is 0 Å². The molecule has 0 saturated heterocycles. The Labute approximate surface area is 85.9 Å². The zero-order chi connectivity index (χ0) is 10.4. The molecule has 0 radical (unpaired) electrons. The molecule has 1 atom stereocenters. The Bertz CT molecular complexity index is 280. The molecule has 0 aliphatic carbocycles. The van der Waals surface area contributed by atoms with Crippen LogP contribution in [0, 0.1) is 0 Å². The van der Waals surface area contributed by atoms with Gasteiger partial charge in [0.2, 0.25) is 0 Å². The van der Waals surface area contributed by atoms with E-state index in [-0.39, 0.29) is 6.04 Å². The first kappa shape index (κ1) is 10.9. The van der Waals surface area contributed by atoms with Gasteiger partial charge in [0.25, 0.3) is 0 Å². The van der Waals surface area contributed by atoms with Gasteiger partial charge in [0.1, 0.15) is 0 Å². The predicted molar refractivity (Wildman–Crippen MR) is 60.0 cm³/mol. The monoisotopic (exact) mass is 190 g/mol. The van der Waals surface area contributed by atoms with Crippen LogP contribution < -0.4 is 5.73 Å². The van der Waals surface area contributed by atoms with Crippen molar-refractivity contribution < 1.29 is 0 Å². The van der Waals surface area contributed by atoms with Crippen molar-refractivity contribution in [3.05, 3.63) is 42.2 Å². The first-order chi connectivity index (χ1) is 6.68. The maximum atomic E-state index is 5.95. The third-order valence-electron chi connectivity index (χ3n) is 2.16. The average molecular weight is 190 g/mol. The number of nitrogens with two attached hydrogens (primary N) is 1. The van der Waals surface area contributed by atoms with Gasteiger partial charge < -0.3 is 5.73 Å². The summed E-state index contributed by atoms with van der Waals surface area (Å²) in [7, 11) is 0. The van der Waals surface area contributed by atoms with Crippen molar-refractivity contribution in [2.24, 2.45) is 5.73 Å². The number of rotatable bonds is 5. The average Bonchev–Trinajstić information content (AvgIpc) is 2.15. The highest BCUT2D eigenvalue weighted by Gasteiger charge is 2.02. The van der Waals surface area contributed by atoms with Gasteiger partial charge in [-0.25, -0.2) is 0 Å². The highest BCUT2D eigenvalue weighted by molar-refractivity contribution is 5.10. The van der Waals surface area contributed by atoms with Crippen molar-refractivity contribution >= 4 is 0 Å². The van der Waals surface area contributed by atoms with Crippen LogP contribution in [-0.4, -0.2) is 11.0 Å². The highest BCUT2D eigenvalue weighted by atomic mass is 14.6. The van der Waals surface area contributed by atoms with Gasteiger partial charge in [0.05, 0.1) is 0 Å². The third-order valence-corrected chi connectivity index (χ3v) is 2.16. The summed E-state index contributed by atoms with van der Waals surface area (Å²) in [6, 6.07) is 4.31. The summed E-state index contributed by atoms with van der Waals surface area (Å²) < 4.78 is 0. The maximum absolute atomic E-state index is 5.95. The van der Waals surface area contributed by atoms with E-state index in [0.29, 0.717) is 0 Å². The van der Waals surface area contributed by atoms with Gasteiger partial charge in [0, 0.05) is 18.4 Å². The number of pyridine rings is 1. The summed E-state index contributed by atoms with van der Waals surface area (Å²) in [5.41, 5.74) is 8.41. The molecule has 1 aromatic rings. The lowest BCUT2D eigenvalue weighted by Gasteiger charge is -2.10. The van der Waals surface area contributed by atoms with Crippen molar-refractivity contribution in [1.29, 1.82) is 0 Å². The van der Waals surface area contributed by atoms with Crippen LogP contribution in [0.4, 0.5) is 0 Å². The van der Waals surface area contributed by atoms with E-state index in [9.17, 15) is 0 Å². The molecule has 2 nitrogen and oxygen atoms in total. The molecule has 2 N–H and O–H groups in total. The van der Waals surface area contributed by atoms with Gasteiger partial charge in [-0.3, -0.25) is 4.98 Å². The molecule has 1 aromatic heterocycles. The Hall–Kier alpha value is -1.15. The minimum atomic E-state index is 0.237. The second-order valence-electron chi connectivity index (χ2n) is 3.82. The van der Waals surface area contributed by atoms with Crippen molar-refractivity contribution in [2.75, 3.05) is 0 Å². The molecule has 76 valence electrons. The Morgan fingerprint density at radius 3 is 2.71 bits per heavy atom. The Kier molecular flexibility index (Phi) is 4.33. The zero-order valence-corrected chi connectivity index (χ0v) is 8.74. The minimum Gasteiger partial charge on any atom is -0.327 e. The van der Waals surface area contributed by atoms with Crippen LogP contribution in [0.15, 0.2) is 36.7 Å². The van der Waals surface area contributed by atoms with E-state index in [0.717, 1.165) is 24.8 Å². The van der Waals surface area contributed by atoms with Crippen LogP contribution in [0.25, 0.3) is 0 Å². The van der Waals surface area contributed by atoms with Crippen LogP contribution in [0.3, 0.4) is 0 Å². The number of hydrogen-bond donors (Lipinski definition) is 1. The zero-order valence-electron chi connectivity index (χ0n) is 8.74. The molecule has 0 bridgehead atoms. The molecule has 0 spiro atoms. The molecule has 0 aromatic carbocycles. The predicted octanol–water partition coefficient (Wildman–Crippen LogP) is 2.31. The van der Waals surface area contributed by atoms with Crippen molar-refractivity contribution in [3.63, 3.8) is 0 Å². The summed E-state index contributed by atoms with van der Waals surface area (Å²) in [5, 5.41) is 0. The molecule has 1 heterocycles. The molecule has 0 fully saturated rings. The SMILES string of the molecule is C=C(C)CC(N)CCc1ccncc1. The van der Waals surface area contributed by atoms with Crippen LogP contribution in [0.5, 0.6) is 0 Å². The number of aryl methyl sites for hydroxylation is 1. The Morgan fingerprint density at radius 1 is 1.50 bits per heavy atom. The first-order valence-corrected chi connectivity index (χ1v) is 4.97. The lowest BCUT2D eigenvalue weighted by Crippen LogP contribution is -2.20. The molecular weight excluding hydrogens is 172 g/mol. The lowest BCUT2D eigenvalue weighted by molar-refractivity contribution is 0.608. The molecular formula is C12H18N2. The first-order valence-electron chi connectivity index (χ1n) is 4.97. The second-order valence-corrected chi connectivity index (χ2v) is 3.82. The van der Waals surface area contributed by atoms with Crippen molar-refractivity contribution in [3.8, 4) is 0 Å². The maximum Gasteiger partial charge on any atom is 0.0270 e. The standard InChI is InChI=1S/C12H18N2/c1-10(2)9-12(13)4-3-11-5-7-14-8-6-11/h5-8,12H,1,3-4,9,13H2,2H3. The Morgan fingerprint density at radius 2 is 2.14 bits per heavy atom. The largest absolute Gasteiger partial charge is 0.327 e. The normalized spacial score (nSPS) is 12.4. The Balaban J connectivity index is 2.30. The number of nitrogens with zero attached hydrogens (tertiary/aromatic N) is 1. The smallest absolute Gasteiger partial charge is 0.0270 e. The summed E-state index contributed by atoms with van der Waals surface area (Å²) in [5.74, 6) is 0. The number of aromatic nitrogens is 1. The van der Waals surface area contributed by atoms with Crippen LogP contribution >= 0.6 is 0 Å². The van der Waals surface area contributed by atoms with Crippen LogP contribution in [0.2, 0.25) is 0 Å². The van der Waals surface area contributed by atoms with Gasteiger partial charge in [0.15, 0.2) is 0 Å². The topological polar surface area (TPSA) is 38.9 Å². The number of hydrogen-bond acceptors (Lipinski definition) is 2. The van der Waals surface area contributed by atoms with Gasteiger partial charge in [-0.2, -0.15) is 0 Å². The van der Waals surface area contributed by atoms with Crippen LogP contribution in [-0.2, 0) is 6.42 Å². The fraction of sp³-hybridized carbons (Fsp3) is 0.417. The third kappa shape index (κ3) is 4.19. The van der Waals surface area contributed by atoms with E-state index in [1.807, 2.05) is 31.5 Å². The van der Waals surface area contributed by atoms with E-state index in [1.165, 1.54) is 5.56 Å². The molecule has 1 rings (SSSR count). The van der Waals surface area contributed by atoms with Crippen molar-refractivity contribution in [1.82, 2.24) is 4.98 Å². The molecule has 14 heavy (non-hydrogen) atoms.